The fourth-order valence-electron chi connectivity index (χ4n) is 2.22. The normalized spacial score (nSPS) is 10.8. The minimum absolute atomic E-state index is 0.304. The maximum absolute atomic E-state index is 13.6. The van der Waals surface area contributed by atoms with E-state index in [1.54, 1.807) is 0 Å². The van der Waals surface area contributed by atoms with Crippen LogP contribution in [0.2, 0.25) is 5.02 Å². The molecule has 0 aromatic heterocycles. The molecule has 0 aliphatic heterocycles. The predicted molar refractivity (Wildman–Crippen MR) is 83.6 cm³/mol. The zero-order chi connectivity index (χ0) is 14.5. The van der Waals surface area contributed by atoms with Crippen LogP contribution < -0.4 is 5.32 Å². The summed E-state index contributed by atoms with van der Waals surface area (Å²) in [6.45, 7) is 5.91. The summed E-state index contributed by atoms with van der Waals surface area (Å²) < 4.78 is 13.6. The monoisotopic (exact) mass is 291 g/mol. The third kappa shape index (κ3) is 3.81. The van der Waals surface area contributed by atoms with E-state index < -0.39 is 0 Å². The maximum atomic E-state index is 13.6. The van der Waals surface area contributed by atoms with E-state index >= 15 is 0 Å². The summed E-state index contributed by atoms with van der Waals surface area (Å²) in [5.41, 5.74) is 4.17. The van der Waals surface area contributed by atoms with Gasteiger partial charge < -0.3 is 5.32 Å². The van der Waals surface area contributed by atoms with Crippen LogP contribution >= 0.6 is 11.6 Å². The van der Waals surface area contributed by atoms with Gasteiger partial charge in [-0.05, 0) is 54.8 Å². The Labute approximate surface area is 124 Å². The average molecular weight is 292 g/mol. The third-order valence-electron chi connectivity index (χ3n) is 3.18. The van der Waals surface area contributed by atoms with E-state index in [9.17, 15) is 4.39 Å². The van der Waals surface area contributed by atoms with Gasteiger partial charge in [-0.15, -0.1) is 0 Å². The lowest BCUT2D eigenvalue weighted by Crippen LogP contribution is -2.14. The smallest absolute Gasteiger partial charge is 0.125 e. The summed E-state index contributed by atoms with van der Waals surface area (Å²) in [6, 6.07) is 10.9. The van der Waals surface area contributed by atoms with Crippen molar-refractivity contribution in [2.24, 2.45) is 0 Å². The predicted octanol–water partition coefficient (Wildman–Crippen LogP) is 4.95. The maximum Gasteiger partial charge on any atom is 0.125 e. The Kier molecular flexibility index (Phi) is 5.16. The van der Waals surface area contributed by atoms with Gasteiger partial charge in [0.2, 0.25) is 0 Å². The van der Waals surface area contributed by atoms with E-state index in [2.05, 4.69) is 30.4 Å². The molecule has 20 heavy (non-hydrogen) atoms. The van der Waals surface area contributed by atoms with Crippen molar-refractivity contribution in [1.29, 1.82) is 0 Å². The molecule has 0 atom stereocenters. The summed E-state index contributed by atoms with van der Waals surface area (Å²) in [4.78, 5) is 0. The first-order valence-corrected chi connectivity index (χ1v) is 7.24. The Morgan fingerprint density at radius 1 is 1.15 bits per heavy atom. The largest absolute Gasteiger partial charge is 0.313 e. The number of halogens is 2. The molecule has 0 saturated carbocycles. The van der Waals surface area contributed by atoms with Crippen molar-refractivity contribution in [3.05, 3.63) is 58.4 Å². The lowest BCUT2D eigenvalue weighted by atomic mass is 9.97. The number of benzene rings is 2. The third-order valence-corrected chi connectivity index (χ3v) is 3.40. The molecule has 2 aromatic carbocycles. The van der Waals surface area contributed by atoms with Gasteiger partial charge in [-0.2, -0.15) is 0 Å². The van der Waals surface area contributed by atoms with Crippen LogP contribution in [0.5, 0.6) is 0 Å². The minimum atomic E-state index is -0.304. The summed E-state index contributed by atoms with van der Waals surface area (Å²) >= 11 is 5.96. The van der Waals surface area contributed by atoms with Crippen LogP contribution in [0.15, 0.2) is 36.4 Å². The zero-order valence-electron chi connectivity index (χ0n) is 11.8. The molecule has 0 saturated heterocycles. The van der Waals surface area contributed by atoms with Crippen LogP contribution in [-0.2, 0) is 6.54 Å². The number of hydrogen-bond donors (Lipinski definition) is 1. The summed E-state index contributed by atoms with van der Waals surface area (Å²) in [6.07, 6.45) is 1.09. The van der Waals surface area contributed by atoms with Crippen LogP contribution in [0.1, 0.15) is 24.5 Å². The molecule has 0 heterocycles. The molecule has 2 rings (SSSR count). The summed E-state index contributed by atoms with van der Waals surface area (Å²) in [7, 11) is 0. The van der Waals surface area contributed by atoms with Crippen molar-refractivity contribution in [3.8, 4) is 11.1 Å². The second-order valence-corrected chi connectivity index (χ2v) is 5.43. The molecule has 106 valence electrons. The first-order chi connectivity index (χ1) is 9.60. The van der Waals surface area contributed by atoms with Gasteiger partial charge in [-0.1, -0.05) is 42.3 Å². The minimum Gasteiger partial charge on any atom is -0.313 e. The molecular formula is C17H19ClFN. The van der Waals surface area contributed by atoms with Crippen molar-refractivity contribution < 1.29 is 4.39 Å². The van der Waals surface area contributed by atoms with Gasteiger partial charge in [0.1, 0.15) is 5.82 Å². The topological polar surface area (TPSA) is 12.0 Å². The fraction of sp³-hybridized carbons (Fsp3) is 0.294. The second-order valence-electron chi connectivity index (χ2n) is 5.00. The van der Waals surface area contributed by atoms with E-state index in [0.717, 1.165) is 41.8 Å². The standard InChI is InChI=1S/C17H19ClFN/c1-3-6-20-11-13-5-4-12(2)7-17(13)14-8-15(18)10-16(19)9-14/h4-5,7-10,20H,3,6,11H2,1-2H3. The molecular weight excluding hydrogens is 273 g/mol. The lowest BCUT2D eigenvalue weighted by Gasteiger charge is -2.12. The van der Waals surface area contributed by atoms with Crippen molar-refractivity contribution in [2.75, 3.05) is 6.54 Å². The lowest BCUT2D eigenvalue weighted by molar-refractivity contribution is 0.628. The van der Waals surface area contributed by atoms with Gasteiger partial charge in [0.05, 0.1) is 0 Å². The van der Waals surface area contributed by atoms with Crippen molar-refractivity contribution in [1.82, 2.24) is 5.32 Å². The molecule has 3 heteroatoms. The van der Waals surface area contributed by atoms with Crippen LogP contribution in [0, 0.1) is 12.7 Å². The molecule has 0 aliphatic rings. The number of nitrogens with one attached hydrogen (secondary N) is 1. The Balaban J connectivity index is 2.40. The van der Waals surface area contributed by atoms with E-state index in [1.807, 2.05) is 13.0 Å². The highest BCUT2D eigenvalue weighted by atomic mass is 35.5. The van der Waals surface area contributed by atoms with Crippen molar-refractivity contribution in [2.45, 2.75) is 26.8 Å². The number of hydrogen-bond acceptors (Lipinski definition) is 1. The molecule has 0 unspecified atom stereocenters. The Hall–Kier alpha value is -1.38. The fourth-order valence-corrected chi connectivity index (χ4v) is 2.44. The molecule has 1 N–H and O–H groups in total. The van der Waals surface area contributed by atoms with Crippen LogP contribution in [0.25, 0.3) is 11.1 Å². The molecule has 0 aliphatic carbocycles. The van der Waals surface area contributed by atoms with Crippen molar-refractivity contribution >= 4 is 11.6 Å². The Bertz CT molecular complexity index is 575. The molecule has 0 fully saturated rings. The molecule has 0 radical (unpaired) electrons. The highest BCUT2D eigenvalue weighted by Crippen LogP contribution is 2.28. The van der Waals surface area contributed by atoms with E-state index in [4.69, 9.17) is 11.6 Å². The number of aryl methyl sites for hydroxylation is 1. The SMILES string of the molecule is CCCNCc1ccc(C)cc1-c1cc(F)cc(Cl)c1. The number of rotatable bonds is 5. The van der Waals surface area contributed by atoms with Gasteiger partial charge in [-0.25, -0.2) is 4.39 Å². The first-order valence-electron chi connectivity index (χ1n) is 6.87. The quantitative estimate of drug-likeness (QED) is 0.768. The van der Waals surface area contributed by atoms with Gasteiger partial charge >= 0.3 is 0 Å². The summed E-state index contributed by atoms with van der Waals surface area (Å²) in [5.74, 6) is -0.304. The highest BCUT2D eigenvalue weighted by Gasteiger charge is 2.08. The molecule has 0 spiro atoms. The Morgan fingerprint density at radius 3 is 2.65 bits per heavy atom. The van der Waals surface area contributed by atoms with E-state index in [1.165, 1.54) is 12.1 Å². The van der Waals surface area contributed by atoms with Crippen LogP contribution in [0.4, 0.5) is 4.39 Å². The zero-order valence-corrected chi connectivity index (χ0v) is 12.6. The first kappa shape index (κ1) is 15.0. The van der Waals surface area contributed by atoms with Gasteiger partial charge in [0, 0.05) is 11.6 Å². The van der Waals surface area contributed by atoms with Crippen molar-refractivity contribution in [3.63, 3.8) is 0 Å². The van der Waals surface area contributed by atoms with E-state index in [0.29, 0.717) is 5.02 Å². The summed E-state index contributed by atoms with van der Waals surface area (Å²) in [5, 5.41) is 3.81. The molecule has 1 nitrogen and oxygen atoms in total. The highest BCUT2D eigenvalue weighted by molar-refractivity contribution is 6.30. The second kappa shape index (κ2) is 6.87. The molecule has 2 aromatic rings. The van der Waals surface area contributed by atoms with E-state index in [-0.39, 0.29) is 5.82 Å². The van der Waals surface area contributed by atoms with Crippen LogP contribution in [0.3, 0.4) is 0 Å². The molecule has 0 amide bonds. The van der Waals surface area contributed by atoms with Gasteiger partial charge in [-0.3, -0.25) is 0 Å². The van der Waals surface area contributed by atoms with Gasteiger partial charge in [0.15, 0.2) is 0 Å². The average Bonchev–Trinajstić information content (AvgIpc) is 2.39. The van der Waals surface area contributed by atoms with Crippen LogP contribution in [-0.4, -0.2) is 6.54 Å². The van der Waals surface area contributed by atoms with Gasteiger partial charge in [0.25, 0.3) is 0 Å². The Morgan fingerprint density at radius 2 is 1.95 bits per heavy atom. The molecule has 0 bridgehead atoms.